The fourth-order valence-electron chi connectivity index (χ4n) is 3.25. The van der Waals surface area contributed by atoms with Crippen LogP contribution >= 0.6 is 16.5 Å². The maximum atomic E-state index is 13.7. The maximum Gasteiger partial charge on any atom is 0.106 e. The molecular formula is C27H28F2FeP2-6. The van der Waals surface area contributed by atoms with Crippen molar-refractivity contribution in [2.24, 2.45) is 0 Å². The van der Waals surface area contributed by atoms with Crippen molar-refractivity contribution in [2.75, 3.05) is 12.8 Å². The topological polar surface area (TPSA) is 0 Å². The number of hydrogen-bond acceptors (Lipinski definition) is 0. The third kappa shape index (κ3) is 8.72. The first-order chi connectivity index (χ1) is 15.3. The van der Waals surface area contributed by atoms with E-state index in [1.165, 1.54) is 21.5 Å². The average Bonchev–Trinajstić information content (AvgIpc) is 3.53. The normalized spacial score (nSPS) is 11.7. The van der Waals surface area contributed by atoms with Gasteiger partial charge in [0.2, 0.25) is 0 Å². The van der Waals surface area contributed by atoms with Gasteiger partial charge >= 0.3 is 0 Å². The van der Waals surface area contributed by atoms with Gasteiger partial charge in [-0.25, -0.2) is 16.5 Å². The van der Waals surface area contributed by atoms with Gasteiger partial charge in [0.1, 0.15) is 6.17 Å². The summed E-state index contributed by atoms with van der Waals surface area (Å²) in [5, 5.41) is 3.93. The molecule has 0 aliphatic carbocycles. The van der Waals surface area contributed by atoms with Gasteiger partial charge in [-0.3, -0.25) is 4.39 Å². The molecule has 0 fully saturated rings. The zero-order chi connectivity index (χ0) is 21.7. The van der Waals surface area contributed by atoms with E-state index in [1.807, 2.05) is 42.5 Å². The molecule has 0 saturated heterocycles. The molecule has 0 saturated carbocycles. The summed E-state index contributed by atoms with van der Waals surface area (Å²) in [5.74, 6) is 0. The summed E-state index contributed by atoms with van der Waals surface area (Å²) in [6.45, 7) is -0.577. The molecule has 2 atom stereocenters. The Morgan fingerprint density at radius 3 is 1.84 bits per heavy atom. The van der Waals surface area contributed by atoms with Crippen molar-refractivity contribution >= 4 is 32.4 Å². The summed E-state index contributed by atoms with van der Waals surface area (Å²) < 4.78 is 26.0. The molecule has 4 aromatic rings. The molecule has 0 N–H and O–H groups in total. The van der Waals surface area contributed by atoms with Crippen LogP contribution in [-0.4, -0.2) is 19.0 Å². The van der Waals surface area contributed by atoms with Crippen LogP contribution < -0.4 is 15.9 Å². The molecule has 2 unspecified atom stereocenters. The molecule has 5 heteroatoms. The second kappa shape index (κ2) is 15.3. The Bertz CT molecular complexity index is 899. The number of benzene rings is 2. The summed E-state index contributed by atoms with van der Waals surface area (Å²) in [6.07, 6.45) is 0.365. The van der Waals surface area contributed by atoms with Crippen molar-refractivity contribution in [1.82, 2.24) is 0 Å². The molecule has 0 nitrogen and oxygen atoms in total. The third-order valence-electron chi connectivity index (χ3n) is 4.86. The molecule has 174 valence electrons. The Labute approximate surface area is 204 Å². The predicted octanol–water partition coefficient (Wildman–Crippen LogP) is 6.44. The Morgan fingerprint density at radius 1 is 0.812 bits per heavy atom. The molecule has 4 rings (SSSR count). The van der Waals surface area contributed by atoms with Crippen LogP contribution in [0.4, 0.5) is 8.78 Å². The van der Waals surface area contributed by atoms with Gasteiger partial charge in [0.15, 0.2) is 0 Å². The molecule has 0 heterocycles. The molecule has 0 aliphatic rings. The van der Waals surface area contributed by atoms with E-state index >= 15 is 0 Å². The van der Waals surface area contributed by atoms with Gasteiger partial charge in [0.05, 0.1) is 6.67 Å². The Morgan fingerprint density at radius 2 is 1.34 bits per heavy atom. The van der Waals surface area contributed by atoms with Gasteiger partial charge in [-0.2, -0.15) is 11.6 Å². The molecule has 0 spiro atoms. The van der Waals surface area contributed by atoms with E-state index in [2.05, 4.69) is 66.7 Å². The zero-order valence-corrected chi connectivity index (χ0v) is 20.9. The molecule has 0 amide bonds. The first-order valence-electron chi connectivity index (χ1n) is 10.5. The van der Waals surface area contributed by atoms with Gasteiger partial charge in [0, 0.05) is 23.5 Å². The van der Waals surface area contributed by atoms with Crippen LogP contribution in [0.2, 0.25) is 0 Å². The minimum Gasteiger partial charge on any atom is -0.748 e. The van der Waals surface area contributed by atoms with E-state index in [0.717, 1.165) is 6.16 Å². The van der Waals surface area contributed by atoms with Gasteiger partial charge < -0.3 is 30.3 Å². The van der Waals surface area contributed by atoms with E-state index in [9.17, 15) is 8.78 Å². The summed E-state index contributed by atoms with van der Waals surface area (Å²) in [5.41, 5.74) is 1.30. The second-order valence-corrected chi connectivity index (χ2v) is 10.6. The Hall–Kier alpha value is -1.62. The largest absolute Gasteiger partial charge is 0.748 e. The maximum absolute atomic E-state index is 13.7. The molecule has 4 aromatic carbocycles. The first kappa shape index (κ1) is 26.6. The smallest absolute Gasteiger partial charge is 0.106 e. The van der Waals surface area contributed by atoms with E-state index < -0.39 is 20.8 Å². The van der Waals surface area contributed by atoms with Crippen molar-refractivity contribution in [2.45, 2.75) is 18.8 Å². The van der Waals surface area contributed by atoms with Crippen LogP contribution in [0, 0.1) is 0 Å². The van der Waals surface area contributed by atoms with Crippen LogP contribution in [0.25, 0.3) is 0 Å². The van der Waals surface area contributed by atoms with Crippen LogP contribution in [0.3, 0.4) is 0 Å². The van der Waals surface area contributed by atoms with E-state index in [-0.39, 0.29) is 23.5 Å². The molecule has 0 aromatic heterocycles. The molecule has 32 heavy (non-hydrogen) atoms. The third-order valence-corrected chi connectivity index (χ3v) is 8.88. The van der Waals surface area contributed by atoms with Crippen molar-refractivity contribution < 1.29 is 25.8 Å². The fourth-order valence-corrected chi connectivity index (χ4v) is 7.00. The van der Waals surface area contributed by atoms with Crippen molar-refractivity contribution in [3.8, 4) is 0 Å². The molecule has 0 radical (unpaired) electrons. The zero-order valence-electron chi connectivity index (χ0n) is 17.9. The number of rotatable bonds is 9. The minimum atomic E-state index is -1.04. The summed E-state index contributed by atoms with van der Waals surface area (Å²) in [7, 11) is -0.0982. The van der Waals surface area contributed by atoms with Gasteiger partial charge in [-0.05, 0) is 30.9 Å². The second-order valence-electron chi connectivity index (χ2n) is 7.14. The molecular weight excluding hydrogens is 480 g/mol. The Balaban J connectivity index is 0.000000534. The monoisotopic (exact) mass is 508 g/mol. The summed E-state index contributed by atoms with van der Waals surface area (Å²) >= 11 is 0. The van der Waals surface area contributed by atoms with Gasteiger partial charge in [0.25, 0.3) is 0 Å². The summed E-state index contributed by atoms with van der Waals surface area (Å²) in [4.78, 5) is 0. The van der Waals surface area contributed by atoms with Crippen LogP contribution in [0.15, 0.2) is 109 Å². The standard InChI is InChI=1S/C22H23F2P2.C5H5.Fe/c23-15-14-19(24)16-25-22-13-7-8-18(22)17-26(20-9-3-1-4-10-20)21-11-5-2-6-12-21;1-2-4-5-3-1;/h1-13,19,25H,14-17H2;1-5H;/q-1;-5;. The van der Waals surface area contributed by atoms with E-state index in [4.69, 9.17) is 0 Å². The first-order valence-corrected chi connectivity index (χ1v) is 13.2. The van der Waals surface area contributed by atoms with Crippen molar-refractivity contribution in [1.29, 1.82) is 0 Å². The predicted molar refractivity (Wildman–Crippen MR) is 135 cm³/mol. The SMILES string of the molecule is FCCC(F)CP[c-]1cccc1CP(c1ccccc1)c1ccccc1.[Fe].[cH-]1[cH-][cH-][cH-][cH-]1. The average molecular weight is 508 g/mol. The van der Waals surface area contributed by atoms with Gasteiger partial charge in [-0.1, -0.05) is 60.7 Å². The van der Waals surface area contributed by atoms with Crippen LogP contribution in [0.5, 0.6) is 0 Å². The van der Waals surface area contributed by atoms with Crippen LogP contribution in [0.1, 0.15) is 12.0 Å². The minimum absolute atomic E-state index is 0. The van der Waals surface area contributed by atoms with Crippen molar-refractivity contribution in [3.05, 3.63) is 115 Å². The van der Waals surface area contributed by atoms with E-state index in [0.29, 0.717) is 14.7 Å². The van der Waals surface area contributed by atoms with Crippen LogP contribution in [-0.2, 0) is 23.2 Å². The molecule has 0 bridgehead atoms. The number of hydrogen-bond donors (Lipinski definition) is 0. The number of alkyl halides is 2. The van der Waals surface area contributed by atoms with Crippen molar-refractivity contribution in [3.63, 3.8) is 0 Å². The molecule has 0 aliphatic heterocycles. The fraction of sp³-hybridized carbons (Fsp3) is 0.185. The quantitative estimate of drug-likeness (QED) is 0.139. The number of halogens is 2. The summed E-state index contributed by atoms with van der Waals surface area (Å²) in [6, 6.07) is 37.5. The van der Waals surface area contributed by atoms with E-state index in [1.54, 1.807) is 0 Å². The Kier molecular flexibility index (Phi) is 12.7. The van der Waals surface area contributed by atoms with Gasteiger partial charge in [-0.15, -0.1) is 13.9 Å².